The number of carbonyl (C=O) groups is 2. The molecular weight excluding hydrogens is 340 g/mol. The van der Waals surface area contributed by atoms with Gasteiger partial charge in [-0.1, -0.05) is 6.07 Å². The van der Waals surface area contributed by atoms with Gasteiger partial charge in [-0.2, -0.15) is 0 Å². The van der Waals surface area contributed by atoms with Crippen LogP contribution in [0.25, 0.3) is 0 Å². The second kappa shape index (κ2) is 6.33. The first kappa shape index (κ1) is 17.2. The molecule has 1 aromatic carbocycles. The minimum Gasteiger partial charge on any atom is -0.353 e. The van der Waals surface area contributed by atoms with Crippen molar-refractivity contribution in [2.45, 2.75) is 63.8 Å². The second-order valence-electron chi connectivity index (χ2n) is 9.54. The Balaban J connectivity index is 1.27. The van der Waals surface area contributed by atoms with E-state index >= 15 is 0 Å². The Morgan fingerprint density at radius 3 is 2.30 bits per heavy atom. The summed E-state index contributed by atoms with van der Waals surface area (Å²) in [6.07, 6.45) is 9.97. The van der Waals surface area contributed by atoms with Gasteiger partial charge in [0.25, 0.3) is 5.91 Å². The van der Waals surface area contributed by atoms with Crippen LogP contribution in [0, 0.1) is 23.2 Å². The third kappa shape index (κ3) is 2.96. The zero-order chi connectivity index (χ0) is 18.6. The monoisotopic (exact) mass is 368 g/mol. The molecule has 3 N–H and O–H groups in total. The lowest BCUT2D eigenvalue weighted by Crippen LogP contribution is -2.55. The Kier molecular flexibility index (Phi) is 4.04. The summed E-state index contributed by atoms with van der Waals surface area (Å²) in [4.78, 5) is 24.9. The number of hydrogen-bond acceptors (Lipinski definition) is 3. The SMILES string of the molecule is O=C(NO)c1ccc2c(c1)CCC(NC(=O)C13CC4CC(CC(C4)C1)C3)C2. The van der Waals surface area contributed by atoms with Gasteiger partial charge in [-0.15, -0.1) is 0 Å². The summed E-state index contributed by atoms with van der Waals surface area (Å²) in [6, 6.07) is 5.75. The van der Waals surface area contributed by atoms with E-state index in [2.05, 4.69) is 5.32 Å². The number of rotatable bonds is 3. The van der Waals surface area contributed by atoms with Gasteiger partial charge in [0, 0.05) is 17.0 Å². The molecule has 4 bridgehead atoms. The van der Waals surface area contributed by atoms with Crippen LogP contribution in [0.1, 0.15) is 66.4 Å². The molecule has 144 valence electrons. The van der Waals surface area contributed by atoms with Gasteiger partial charge in [-0.3, -0.25) is 14.8 Å². The fourth-order valence-electron chi connectivity index (χ4n) is 6.81. The number of carbonyl (C=O) groups excluding carboxylic acids is 2. The van der Waals surface area contributed by atoms with Crippen LogP contribution in [0.2, 0.25) is 0 Å². The number of hydroxylamine groups is 1. The largest absolute Gasteiger partial charge is 0.353 e. The molecule has 1 unspecified atom stereocenters. The molecule has 4 fully saturated rings. The van der Waals surface area contributed by atoms with E-state index in [1.165, 1.54) is 24.8 Å². The highest BCUT2D eigenvalue weighted by Gasteiger charge is 2.54. The van der Waals surface area contributed by atoms with E-state index in [4.69, 9.17) is 5.21 Å². The zero-order valence-corrected chi connectivity index (χ0v) is 15.7. The van der Waals surface area contributed by atoms with Crippen molar-refractivity contribution in [3.8, 4) is 0 Å². The van der Waals surface area contributed by atoms with Gasteiger partial charge in [-0.05, 0) is 98.8 Å². The smallest absolute Gasteiger partial charge is 0.274 e. The van der Waals surface area contributed by atoms with Gasteiger partial charge in [0.15, 0.2) is 0 Å². The lowest BCUT2D eigenvalue weighted by atomic mass is 9.49. The molecule has 4 saturated carbocycles. The third-order valence-corrected chi connectivity index (χ3v) is 7.65. The molecule has 0 saturated heterocycles. The summed E-state index contributed by atoms with van der Waals surface area (Å²) in [5.41, 5.74) is 4.43. The molecule has 6 rings (SSSR count). The van der Waals surface area contributed by atoms with Crippen molar-refractivity contribution >= 4 is 11.8 Å². The zero-order valence-electron chi connectivity index (χ0n) is 15.7. The van der Waals surface area contributed by atoms with Gasteiger partial charge in [0.05, 0.1) is 0 Å². The Bertz CT molecular complexity index is 752. The summed E-state index contributed by atoms with van der Waals surface area (Å²) in [6.45, 7) is 0. The molecule has 0 heterocycles. The van der Waals surface area contributed by atoms with Gasteiger partial charge < -0.3 is 5.32 Å². The van der Waals surface area contributed by atoms with Crippen molar-refractivity contribution in [3.63, 3.8) is 0 Å². The van der Waals surface area contributed by atoms with Gasteiger partial charge in [-0.25, -0.2) is 5.48 Å². The summed E-state index contributed by atoms with van der Waals surface area (Å²) in [5, 5.41) is 12.2. The molecule has 2 amide bonds. The number of hydrogen-bond donors (Lipinski definition) is 3. The highest BCUT2D eigenvalue weighted by Crippen LogP contribution is 2.60. The maximum atomic E-state index is 13.3. The first-order chi connectivity index (χ1) is 13.0. The normalized spacial score (nSPS) is 36.2. The van der Waals surface area contributed by atoms with Crippen LogP contribution >= 0.6 is 0 Å². The van der Waals surface area contributed by atoms with Crippen LogP contribution in [0.5, 0.6) is 0 Å². The first-order valence-corrected chi connectivity index (χ1v) is 10.4. The minimum atomic E-state index is -0.477. The molecule has 5 aliphatic rings. The van der Waals surface area contributed by atoms with Crippen LogP contribution in [-0.4, -0.2) is 23.1 Å². The van der Waals surface area contributed by atoms with Crippen LogP contribution < -0.4 is 10.8 Å². The van der Waals surface area contributed by atoms with E-state index in [0.29, 0.717) is 11.5 Å². The molecule has 0 spiro atoms. The summed E-state index contributed by atoms with van der Waals surface area (Å²) in [5.74, 6) is 2.18. The molecule has 5 aliphatic carbocycles. The van der Waals surface area contributed by atoms with Crippen LogP contribution in [0.3, 0.4) is 0 Å². The van der Waals surface area contributed by atoms with E-state index in [0.717, 1.165) is 61.8 Å². The van der Waals surface area contributed by atoms with E-state index < -0.39 is 5.91 Å². The van der Waals surface area contributed by atoms with E-state index in [-0.39, 0.29) is 11.5 Å². The predicted molar refractivity (Wildman–Crippen MR) is 100 cm³/mol. The maximum absolute atomic E-state index is 13.3. The number of fused-ring (bicyclic) bond motifs is 1. The lowest BCUT2D eigenvalue weighted by Gasteiger charge is -2.56. The maximum Gasteiger partial charge on any atom is 0.274 e. The van der Waals surface area contributed by atoms with Crippen molar-refractivity contribution in [2.75, 3.05) is 0 Å². The molecule has 27 heavy (non-hydrogen) atoms. The topological polar surface area (TPSA) is 78.4 Å². The van der Waals surface area contributed by atoms with Gasteiger partial charge in [0.2, 0.25) is 5.91 Å². The van der Waals surface area contributed by atoms with Gasteiger partial charge in [0.1, 0.15) is 0 Å². The minimum absolute atomic E-state index is 0.0852. The fourth-order valence-corrected chi connectivity index (χ4v) is 6.81. The fraction of sp³-hybridized carbons (Fsp3) is 0.636. The summed E-state index contributed by atoms with van der Waals surface area (Å²) < 4.78 is 0. The highest BCUT2D eigenvalue weighted by atomic mass is 16.5. The van der Waals surface area contributed by atoms with E-state index in [1.807, 2.05) is 12.1 Å². The standard InChI is InChI=1S/C22H28N2O3/c25-20(24-27)18-2-1-17-9-19(4-3-16(17)8-18)23-21(26)22-10-13-5-14(11-22)7-15(6-13)12-22/h1-2,8,13-15,19,27H,3-7,9-12H2,(H,23,26)(H,24,25). The molecular formula is C22H28N2O3. The van der Waals surface area contributed by atoms with Crippen LogP contribution in [0.15, 0.2) is 18.2 Å². The molecule has 0 aromatic heterocycles. The van der Waals surface area contributed by atoms with Crippen LogP contribution in [-0.2, 0) is 17.6 Å². The van der Waals surface area contributed by atoms with Crippen molar-refractivity contribution < 1.29 is 14.8 Å². The molecule has 5 heteroatoms. The molecule has 1 atom stereocenters. The average Bonchev–Trinajstić information content (AvgIpc) is 2.66. The van der Waals surface area contributed by atoms with E-state index in [1.54, 1.807) is 11.5 Å². The Morgan fingerprint density at radius 1 is 1.00 bits per heavy atom. The number of nitrogens with one attached hydrogen (secondary N) is 2. The average molecular weight is 368 g/mol. The van der Waals surface area contributed by atoms with Gasteiger partial charge >= 0.3 is 0 Å². The van der Waals surface area contributed by atoms with Crippen LogP contribution in [0.4, 0.5) is 0 Å². The molecule has 1 aromatic rings. The quantitative estimate of drug-likeness (QED) is 0.567. The van der Waals surface area contributed by atoms with Crippen molar-refractivity contribution in [2.24, 2.45) is 23.2 Å². The summed E-state index contributed by atoms with van der Waals surface area (Å²) >= 11 is 0. The Labute approximate surface area is 159 Å². The number of aryl methyl sites for hydroxylation is 1. The summed E-state index contributed by atoms with van der Waals surface area (Å²) in [7, 11) is 0. The number of benzene rings is 1. The molecule has 0 aliphatic heterocycles. The third-order valence-electron chi connectivity index (χ3n) is 7.65. The van der Waals surface area contributed by atoms with Crippen molar-refractivity contribution in [3.05, 3.63) is 34.9 Å². The van der Waals surface area contributed by atoms with Crippen molar-refractivity contribution in [1.29, 1.82) is 0 Å². The predicted octanol–water partition coefficient (Wildman–Crippen LogP) is 3.00. The van der Waals surface area contributed by atoms with E-state index in [9.17, 15) is 9.59 Å². The Morgan fingerprint density at radius 2 is 1.67 bits per heavy atom. The highest BCUT2D eigenvalue weighted by molar-refractivity contribution is 5.93. The second-order valence-corrected chi connectivity index (χ2v) is 9.54. The van der Waals surface area contributed by atoms with Crippen molar-refractivity contribution in [1.82, 2.24) is 10.8 Å². The first-order valence-electron chi connectivity index (χ1n) is 10.4. The molecule has 5 nitrogen and oxygen atoms in total. The Hall–Kier alpha value is -1.88. The molecule has 0 radical (unpaired) electrons. The lowest BCUT2D eigenvalue weighted by molar-refractivity contribution is -0.147. The number of amides is 2.